The summed E-state index contributed by atoms with van der Waals surface area (Å²) in [5.41, 5.74) is 5.02. The van der Waals surface area contributed by atoms with Gasteiger partial charge in [0.15, 0.2) is 5.84 Å². The molecule has 0 aromatic heterocycles. The van der Waals surface area contributed by atoms with Crippen LogP contribution in [-0.2, 0) is 9.53 Å². The third kappa shape index (κ3) is 5.19. The van der Waals surface area contributed by atoms with Crippen molar-refractivity contribution in [3.8, 4) is 0 Å². The molecule has 0 aliphatic heterocycles. The van der Waals surface area contributed by atoms with Crippen LogP contribution in [0, 0.1) is 5.41 Å². The van der Waals surface area contributed by atoms with E-state index in [1.807, 2.05) is 0 Å². The zero-order valence-corrected chi connectivity index (χ0v) is 13.1. The maximum absolute atomic E-state index is 12.6. The Kier molecular flexibility index (Phi) is 8.12. The number of carbonyl (C=O) groups excluding carboxylic acids is 1. The van der Waals surface area contributed by atoms with Crippen LogP contribution in [-0.4, -0.2) is 37.2 Å². The molecule has 6 heteroatoms. The maximum Gasteiger partial charge on any atom is 0.233 e. The van der Waals surface area contributed by atoms with Crippen molar-refractivity contribution in [2.45, 2.75) is 57.8 Å². The van der Waals surface area contributed by atoms with E-state index >= 15 is 0 Å². The number of oxime groups is 1. The summed E-state index contributed by atoms with van der Waals surface area (Å²) in [5, 5.41) is 15.1. The third-order valence-corrected chi connectivity index (χ3v) is 4.30. The Bertz CT molecular complexity index is 337. The topological polar surface area (TPSA) is 96.9 Å². The molecule has 0 radical (unpaired) electrons. The highest BCUT2D eigenvalue weighted by Gasteiger charge is 2.42. The average molecular weight is 299 g/mol. The number of ether oxygens (including phenoxy) is 1. The Hall–Kier alpha value is -1.30. The Morgan fingerprint density at radius 3 is 2.48 bits per heavy atom. The van der Waals surface area contributed by atoms with Crippen molar-refractivity contribution < 1.29 is 14.7 Å². The molecule has 0 spiro atoms. The molecule has 0 aromatic carbocycles. The zero-order chi connectivity index (χ0) is 15.6. The van der Waals surface area contributed by atoms with Crippen LogP contribution in [0.3, 0.4) is 0 Å². The van der Waals surface area contributed by atoms with E-state index in [1.54, 1.807) is 7.11 Å². The smallest absolute Gasteiger partial charge is 0.233 e. The molecular formula is C15H29N3O3. The van der Waals surface area contributed by atoms with E-state index in [0.717, 1.165) is 51.6 Å². The summed E-state index contributed by atoms with van der Waals surface area (Å²) in [7, 11) is 1.69. The monoisotopic (exact) mass is 299 g/mol. The molecule has 0 aromatic rings. The van der Waals surface area contributed by atoms with Gasteiger partial charge in [0.1, 0.15) is 5.41 Å². The van der Waals surface area contributed by atoms with Crippen molar-refractivity contribution in [2.24, 2.45) is 16.3 Å². The van der Waals surface area contributed by atoms with Crippen LogP contribution >= 0.6 is 0 Å². The number of rotatable bonds is 8. The van der Waals surface area contributed by atoms with Gasteiger partial charge in [-0.25, -0.2) is 0 Å². The Labute approximate surface area is 127 Å². The number of nitrogens with one attached hydrogen (secondary N) is 1. The molecule has 1 fully saturated rings. The molecule has 0 unspecified atom stereocenters. The van der Waals surface area contributed by atoms with Crippen LogP contribution in [0.5, 0.6) is 0 Å². The molecule has 1 aliphatic carbocycles. The zero-order valence-electron chi connectivity index (χ0n) is 13.1. The largest absolute Gasteiger partial charge is 0.409 e. The van der Waals surface area contributed by atoms with Gasteiger partial charge in [-0.1, -0.05) is 30.8 Å². The minimum Gasteiger partial charge on any atom is -0.409 e. The fourth-order valence-electron chi connectivity index (χ4n) is 2.95. The Morgan fingerprint density at radius 1 is 1.24 bits per heavy atom. The number of carbonyl (C=O) groups is 1. The quantitative estimate of drug-likeness (QED) is 0.159. The number of hydrogen-bond acceptors (Lipinski definition) is 4. The van der Waals surface area contributed by atoms with E-state index in [2.05, 4.69) is 10.5 Å². The fourth-order valence-corrected chi connectivity index (χ4v) is 2.95. The van der Waals surface area contributed by atoms with E-state index < -0.39 is 5.41 Å². The predicted molar refractivity (Wildman–Crippen MR) is 82.3 cm³/mol. The highest BCUT2D eigenvalue weighted by atomic mass is 16.5. The standard InChI is InChI=1S/C15H29N3O3/c1-21-12-8-4-7-11-17-14(19)15(13(16)18-20)9-5-2-3-6-10-15/h20H,2-12H2,1H3,(H2,16,18)(H,17,19). The van der Waals surface area contributed by atoms with Crippen LogP contribution in [0.2, 0.25) is 0 Å². The van der Waals surface area contributed by atoms with Crippen LogP contribution in [0.15, 0.2) is 5.16 Å². The summed E-state index contributed by atoms with van der Waals surface area (Å²) in [5.74, 6) is -0.0345. The van der Waals surface area contributed by atoms with Crippen LogP contribution < -0.4 is 11.1 Å². The van der Waals surface area contributed by atoms with Crippen LogP contribution in [0.1, 0.15) is 57.8 Å². The van der Waals surface area contributed by atoms with Gasteiger partial charge in [0.25, 0.3) is 0 Å². The van der Waals surface area contributed by atoms with Crippen molar-refractivity contribution >= 4 is 11.7 Å². The lowest BCUT2D eigenvalue weighted by Gasteiger charge is -2.29. The molecule has 0 heterocycles. The Balaban J connectivity index is 2.52. The average Bonchev–Trinajstić information content (AvgIpc) is 2.76. The van der Waals surface area contributed by atoms with Crippen molar-refractivity contribution in [1.29, 1.82) is 0 Å². The maximum atomic E-state index is 12.6. The van der Waals surface area contributed by atoms with Crippen LogP contribution in [0.4, 0.5) is 0 Å². The molecule has 0 atom stereocenters. The molecule has 0 saturated heterocycles. The van der Waals surface area contributed by atoms with Crippen LogP contribution in [0.25, 0.3) is 0 Å². The number of amides is 1. The SMILES string of the molecule is COCCCCCNC(=O)C1(C(N)=NO)CCCCCC1. The predicted octanol–water partition coefficient (Wildman–Crippen LogP) is 2.01. The first-order chi connectivity index (χ1) is 10.2. The number of hydrogen-bond donors (Lipinski definition) is 3. The number of amidine groups is 1. The second-order valence-electron chi connectivity index (χ2n) is 5.79. The lowest BCUT2D eigenvalue weighted by Crippen LogP contribution is -2.49. The summed E-state index contributed by atoms with van der Waals surface area (Å²) >= 11 is 0. The summed E-state index contributed by atoms with van der Waals surface area (Å²) < 4.78 is 4.99. The minimum absolute atomic E-state index is 0.0567. The van der Waals surface area contributed by atoms with Crippen molar-refractivity contribution in [3.63, 3.8) is 0 Å². The van der Waals surface area contributed by atoms with E-state index in [-0.39, 0.29) is 11.7 Å². The molecule has 122 valence electrons. The molecule has 21 heavy (non-hydrogen) atoms. The van der Waals surface area contributed by atoms with Gasteiger partial charge in [0.05, 0.1) is 0 Å². The molecule has 6 nitrogen and oxygen atoms in total. The first kappa shape index (κ1) is 17.8. The highest BCUT2D eigenvalue weighted by Crippen LogP contribution is 2.35. The number of nitrogens with zero attached hydrogens (tertiary/aromatic N) is 1. The Morgan fingerprint density at radius 2 is 1.90 bits per heavy atom. The second kappa shape index (κ2) is 9.60. The third-order valence-electron chi connectivity index (χ3n) is 4.30. The number of unbranched alkanes of at least 4 members (excludes halogenated alkanes) is 2. The lowest BCUT2D eigenvalue weighted by molar-refractivity contribution is -0.128. The van der Waals surface area contributed by atoms with E-state index in [9.17, 15) is 4.79 Å². The van der Waals surface area contributed by atoms with Crippen molar-refractivity contribution in [2.75, 3.05) is 20.3 Å². The number of methoxy groups -OCH3 is 1. The van der Waals surface area contributed by atoms with Gasteiger partial charge in [0, 0.05) is 20.3 Å². The van der Waals surface area contributed by atoms with Gasteiger partial charge >= 0.3 is 0 Å². The summed E-state index contributed by atoms with van der Waals surface area (Å²) in [6, 6.07) is 0. The fraction of sp³-hybridized carbons (Fsp3) is 0.867. The molecule has 1 amide bonds. The first-order valence-electron chi connectivity index (χ1n) is 7.92. The van der Waals surface area contributed by atoms with Gasteiger partial charge in [0.2, 0.25) is 5.91 Å². The van der Waals surface area contributed by atoms with Gasteiger partial charge in [-0.15, -0.1) is 0 Å². The normalized spacial score (nSPS) is 19.0. The molecular weight excluding hydrogens is 270 g/mol. The van der Waals surface area contributed by atoms with Gasteiger partial charge in [-0.3, -0.25) is 4.79 Å². The summed E-state index contributed by atoms with van der Waals surface area (Å²) in [4.78, 5) is 12.6. The van der Waals surface area contributed by atoms with Crippen molar-refractivity contribution in [1.82, 2.24) is 5.32 Å². The first-order valence-corrected chi connectivity index (χ1v) is 7.92. The van der Waals surface area contributed by atoms with Gasteiger partial charge in [-0.2, -0.15) is 0 Å². The van der Waals surface area contributed by atoms with Gasteiger partial charge < -0.3 is 21.0 Å². The van der Waals surface area contributed by atoms with Crippen molar-refractivity contribution in [3.05, 3.63) is 0 Å². The molecule has 4 N–H and O–H groups in total. The lowest BCUT2D eigenvalue weighted by atomic mass is 9.78. The second-order valence-corrected chi connectivity index (χ2v) is 5.79. The highest BCUT2D eigenvalue weighted by molar-refractivity contribution is 6.06. The summed E-state index contributed by atoms with van der Waals surface area (Å²) in [6.45, 7) is 1.38. The van der Waals surface area contributed by atoms with E-state index in [1.165, 1.54) is 0 Å². The molecule has 1 aliphatic rings. The van der Waals surface area contributed by atoms with Gasteiger partial charge in [-0.05, 0) is 32.1 Å². The number of nitrogens with two attached hydrogens (primary N) is 1. The summed E-state index contributed by atoms with van der Waals surface area (Å²) in [6.07, 6.45) is 8.35. The van der Waals surface area contributed by atoms with E-state index in [0.29, 0.717) is 19.4 Å². The molecule has 1 saturated carbocycles. The van der Waals surface area contributed by atoms with E-state index in [4.69, 9.17) is 15.7 Å². The molecule has 1 rings (SSSR count). The minimum atomic E-state index is -0.822. The molecule has 0 bridgehead atoms.